The number of rotatable bonds is 4. The zero-order chi connectivity index (χ0) is 34.4. The molecule has 277 valence electrons. The van der Waals surface area contributed by atoms with Crippen LogP contribution in [0, 0.1) is 21.6 Å². The van der Waals surface area contributed by atoms with Crippen molar-refractivity contribution in [1.82, 2.24) is 80.8 Å². The summed E-state index contributed by atoms with van der Waals surface area (Å²) in [7, 11) is -5.70. The first kappa shape index (κ1) is 42.3. The molecule has 0 atom stereocenters. The second-order valence-electron chi connectivity index (χ2n) is 11.3. The van der Waals surface area contributed by atoms with Crippen LogP contribution in [0.3, 0.4) is 0 Å². The topological polar surface area (TPSA) is 313 Å². The molecule has 22 nitrogen and oxygen atoms in total. The van der Waals surface area contributed by atoms with Crippen LogP contribution < -0.4 is 28.0 Å². The van der Waals surface area contributed by atoms with E-state index in [1.165, 1.54) is 103 Å². The standard InChI is InChI=1S/4C6H10N4.2ClO3.Cu/c4*1-2-4-6(3-1)10-5-7-8-9-10;2*2-1(3)4;/h4*5-6H,1-4H2;;;/q;;;;2*-1;+2. The predicted octanol–water partition coefficient (Wildman–Crippen LogP) is -3.98. The summed E-state index contributed by atoms with van der Waals surface area (Å²) in [6, 6.07) is 2.31. The first-order valence-electron chi connectivity index (χ1n) is 15.7. The minimum atomic E-state index is -2.85. The number of nitrogens with zero attached hydrogens (tertiary/aromatic N) is 16. The van der Waals surface area contributed by atoms with Crippen molar-refractivity contribution in [3.8, 4) is 0 Å². The van der Waals surface area contributed by atoms with Gasteiger partial charge in [-0.2, -0.15) is 0 Å². The second kappa shape index (κ2) is 25.1. The molecule has 0 amide bonds. The molecule has 0 aromatic carbocycles. The molecule has 49 heavy (non-hydrogen) atoms. The van der Waals surface area contributed by atoms with Crippen LogP contribution in [0.5, 0.6) is 0 Å². The third-order valence-corrected chi connectivity index (χ3v) is 8.25. The second-order valence-corrected chi connectivity index (χ2v) is 12.0. The molecule has 1 radical (unpaired) electrons. The van der Waals surface area contributed by atoms with Gasteiger partial charge in [-0.25, -0.2) is 18.7 Å². The molecule has 4 aliphatic rings. The SMILES string of the molecule is [Cu+2].[O-][Cl+2]([O-])[O-].[O-][Cl+2]([O-])[O-].c1nnnn1C1CCCC1.c1nnnn1C1CCCC1.c1nnnn1C1CCCC1.c1nnnn1C1CCCC1. The summed E-state index contributed by atoms with van der Waals surface area (Å²) in [5, 5.41) is 44.2. The van der Waals surface area contributed by atoms with E-state index in [9.17, 15) is 0 Å². The fourth-order valence-corrected chi connectivity index (χ4v) is 6.02. The Labute approximate surface area is 298 Å². The summed E-state index contributed by atoms with van der Waals surface area (Å²) in [6.07, 6.45) is 27.3. The van der Waals surface area contributed by atoms with Crippen molar-refractivity contribution in [2.24, 2.45) is 0 Å². The Morgan fingerprint density at radius 2 is 0.531 bits per heavy atom. The van der Waals surface area contributed by atoms with Gasteiger partial charge in [0.2, 0.25) is 0 Å². The van der Waals surface area contributed by atoms with E-state index in [0.29, 0.717) is 24.2 Å². The van der Waals surface area contributed by atoms with Crippen LogP contribution in [-0.2, 0) is 17.1 Å². The third kappa shape index (κ3) is 17.6. The number of aromatic nitrogens is 16. The van der Waals surface area contributed by atoms with E-state index in [0.717, 1.165) is 0 Å². The zero-order valence-corrected chi connectivity index (χ0v) is 29.0. The van der Waals surface area contributed by atoms with Crippen molar-refractivity contribution >= 4 is 0 Å². The van der Waals surface area contributed by atoms with Crippen LogP contribution in [0.4, 0.5) is 0 Å². The van der Waals surface area contributed by atoms with Crippen LogP contribution >= 0.6 is 0 Å². The fourth-order valence-electron chi connectivity index (χ4n) is 6.02. The smallest absolute Gasteiger partial charge is 0.357 e. The van der Waals surface area contributed by atoms with Gasteiger partial charge in [0.25, 0.3) is 0 Å². The number of hydrogen-bond donors (Lipinski definition) is 0. The van der Waals surface area contributed by atoms with Gasteiger partial charge in [-0.05, 0) is 93.1 Å². The Balaban J connectivity index is 0.000000210. The summed E-state index contributed by atoms with van der Waals surface area (Å²) < 4.78 is 57.9. The van der Waals surface area contributed by atoms with Gasteiger partial charge in [-0.15, -0.1) is 20.4 Å². The van der Waals surface area contributed by atoms with Gasteiger partial charge < -0.3 is 28.0 Å². The average molecular weight is 783 g/mol. The minimum absolute atomic E-state index is 0. The van der Waals surface area contributed by atoms with Crippen molar-refractivity contribution in [2.75, 3.05) is 0 Å². The molecular formula is C24H40Cl2CuN16O6. The summed E-state index contributed by atoms with van der Waals surface area (Å²) in [6.45, 7) is 0. The van der Waals surface area contributed by atoms with Gasteiger partial charge >= 0.3 is 17.1 Å². The first-order chi connectivity index (χ1) is 23.3. The van der Waals surface area contributed by atoms with Crippen molar-refractivity contribution < 1.29 is 66.6 Å². The Morgan fingerprint density at radius 3 is 0.653 bits per heavy atom. The molecule has 25 heteroatoms. The number of halogens is 2. The molecule has 0 saturated heterocycles. The van der Waals surface area contributed by atoms with Crippen LogP contribution in [0.15, 0.2) is 25.3 Å². The molecule has 0 N–H and O–H groups in total. The Morgan fingerprint density at radius 1 is 0.367 bits per heavy atom. The Hall–Kier alpha value is -2.86. The third-order valence-electron chi connectivity index (χ3n) is 8.25. The van der Waals surface area contributed by atoms with Gasteiger partial charge in [-0.3, -0.25) is 0 Å². The van der Waals surface area contributed by atoms with Crippen LogP contribution in [0.2, 0.25) is 0 Å². The number of hydrogen-bond acceptors (Lipinski definition) is 18. The normalized spacial score (nSPS) is 17.8. The van der Waals surface area contributed by atoms with Crippen LogP contribution in [0.1, 0.15) is 127 Å². The van der Waals surface area contributed by atoms with E-state index in [4.69, 9.17) is 28.0 Å². The van der Waals surface area contributed by atoms with E-state index in [1.54, 1.807) is 25.3 Å². The van der Waals surface area contributed by atoms with E-state index in [-0.39, 0.29) is 17.1 Å². The summed E-state index contributed by atoms with van der Waals surface area (Å²) in [5.41, 5.74) is 0. The molecule has 4 fully saturated rings. The van der Waals surface area contributed by atoms with Gasteiger partial charge in [0.15, 0.2) is 0 Å². The largest absolute Gasteiger partial charge is 2.00 e. The van der Waals surface area contributed by atoms with Crippen molar-refractivity contribution in [3.05, 3.63) is 25.3 Å². The molecule has 0 bridgehead atoms. The molecule has 4 saturated carbocycles. The van der Waals surface area contributed by atoms with E-state index < -0.39 is 21.6 Å². The Kier molecular flexibility index (Phi) is 21.7. The molecule has 4 heterocycles. The maximum atomic E-state index is 8.41. The van der Waals surface area contributed by atoms with Crippen molar-refractivity contribution in [1.29, 1.82) is 0 Å². The van der Waals surface area contributed by atoms with Crippen LogP contribution in [-0.4, -0.2) is 80.8 Å². The fraction of sp³-hybridized carbons (Fsp3) is 0.833. The van der Waals surface area contributed by atoms with Gasteiger partial charge in [0, 0.05) is 0 Å². The molecule has 4 aliphatic carbocycles. The summed E-state index contributed by atoms with van der Waals surface area (Å²) >= 11 is 0. The van der Waals surface area contributed by atoms with Gasteiger partial charge in [-0.1, -0.05) is 51.4 Å². The summed E-state index contributed by atoms with van der Waals surface area (Å²) in [4.78, 5) is 0. The van der Waals surface area contributed by atoms with Crippen LogP contribution in [0.25, 0.3) is 0 Å². The van der Waals surface area contributed by atoms with Gasteiger partial charge in [0.1, 0.15) is 25.3 Å². The maximum Gasteiger partial charge on any atom is 2.00 e. The molecule has 0 spiro atoms. The molecule has 4 aromatic heterocycles. The van der Waals surface area contributed by atoms with Gasteiger partial charge in [0.05, 0.1) is 45.7 Å². The molecule has 4 aromatic rings. The first-order valence-corrected chi connectivity index (χ1v) is 17.5. The maximum absolute atomic E-state index is 8.41. The van der Waals surface area contributed by atoms with E-state index in [1.807, 2.05) is 18.7 Å². The quantitative estimate of drug-likeness (QED) is 0.178. The molecular weight excluding hydrogens is 743 g/mol. The summed E-state index contributed by atoms with van der Waals surface area (Å²) in [5.74, 6) is 0. The molecule has 8 rings (SSSR count). The average Bonchev–Trinajstić information content (AvgIpc) is 3.96. The van der Waals surface area contributed by atoms with Crippen molar-refractivity contribution in [2.45, 2.75) is 127 Å². The number of tetrazole rings is 4. The minimum Gasteiger partial charge on any atom is -0.357 e. The predicted molar refractivity (Wildman–Crippen MR) is 141 cm³/mol. The Bertz CT molecular complexity index is 1060. The van der Waals surface area contributed by atoms with E-state index >= 15 is 0 Å². The van der Waals surface area contributed by atoms with Crippen molar-refractivity contribution in [3.63, 3.8) is 0 Å². The van der Waals surface area contributed by atoms with E-state index in [2.05, 4.69) is 62.1 Å². The zero-order valence-electron chi connectivity index (χ0n) is 26.6. The monoisotopic (exact) mass is 781 g/mol. The molecule has 0 aliphatic heterocycles. The molecule has 0 unspecified atom stereocenters.